The molecule has 0 bridgehead atoms. The van der Waals surface area contributed by atoms with Crippen LogP contribution in [0.4, 0.5) is 4.79 Å². The van der Waals surface area contributed by atoms with Crippen molar-refractivity contribution < 1.29 is 9.90 Å². The Morgan fingerprint density at radius 3 is 2.43 bits per heavy atom. The van der Waals surface area contributed by atoms with Crippen molar-refractivity contribution in [3.63, 3.8) is 0 Å². The predicted molar refractivity (Wildman–Crippen MR) is 75.0 cm³/mol. The van der Waals surface area contributed by atoms with Crippen LogP contribution in [0.2, 0.25) is 0 Å². The van der Waals surface area contributed by atoms with E-state index in [0.29, 0.717) is 11.8 Å². The highest BCUT2D eigenvalue weighted by atomic mass is 16.4. The smallest absolute Gasteiger partial charge is 0.408 e. The molecule has 2 heterocycles. The van der Waals surface area contributed by atoms with Crippen molar-refractivity contribution in [1.82, 2.24) is 29.6 Å². The first kappa shape index (κ1) is 14.9. The van der Waals surface area contributed by atoms with Gasteiger partial charge in [0.05, 0.1) is 6.04 Å². The molecule has 8 heteroatoms. The molecule has 2 rings (SSSR count). The lowest BCUT2D eigenvalue weighted by atomic mass is 10.0. The molecule has 1 N–H and O–H groups in total. The number of amides is 1. The molecule has 112 valence electrons. The highest BCUT2D eigenvalue weighted by molar-refractivity contribution is 5.66. The minimum absolute atomic E-state index is 0.357. The Kier molecular flexibility index (Phi) is 3.88. The lowest BCUT2D eigenvalue weighted by Gasteiger charge is -2.37. The van der Waals surface area contributed by atoms with Gasteiger partial charge in [-0.1, -0.05) is 0 Å². The van der Waals surface area contributed by atoms with Crippen LogP contribution in [0.25, 0.3) is 5.95 Å². The molecule has 1 atom stereocenters. The van der Waals surface area contributed by atoms with E-state index in [1.165, 1.54) is 15.9 Å². The summed E-state index contributed by atoms with van der Waals surface area (Å²) in [7, 11) is 0. The van der Waals surface area contributed by atoms with Crippen molar-refractivity contribution in [2.45, 2.75) is 39.3 Å². The van der Waals surface area contributed by atoms with Crippen LogP contribution in [-0.2, 0) is 0 Å². The zero-order valence-electron chi connectivity index (χ0n) is 12.4. The van der Waals surface area contributed by atoms with Crippen LogP contribution in [0.1, 0.15) is 39.6 Å². The van der Waals surface area contributed by atoms with Crippen molar-refractivity contribution >= 4 is 6.09 Å². The van der Waals surface area contributed by atoms with Gasteiger partial charge in [-0.3, -0.25) is 4.90 Å². The number of carboxylic acid groups (broad SMARTS) is 1. The molecule has 21 heavy (non-hydrogen) atoms. The normalized spacial score (nSPS) is 13.0. The van der Waals surface area contributed by atoms with Crippen LogP contribution < -0.4 is 0 Å². The average Bonchev–Trinajstić information content (AvgIpc) is 2.86. The highest BCUT2D eigenvalue weighted by Crippen LogP contribution is 2.27. The third-order valence-electron chi connectivity index (χ3n) is 3.01. The average molecular weight is 290 g/mol. The molecular weight excluding hydrogens is 272 g/mol. The largest absolute Gasteiger partial charge is 0.465 e. The highest BCUT2D eigenvalue weighted by Gasteiger charge is 2.34. The molecule has 2 aromatic heterocycles. The number of aromatic nitrogens is 5. The van der Waals surface area contributed by atoms with E-state index >= 15 is 0 Å². The van der Waals surface area contributed by atoms with E-state index < -0.39 is 17.7 Å². The maximum absolute atomic E-state index is 11.6. The summed E-state index contributed by atoms with van der Waals surface area (Å²) in [5.74, 6) is 0.828. The summed E-state index contributed by atoms with van der Waals surface area (Å²) in [4.78, 5) is 25.3. The number of hydrogen-bond donors (Lipinski definition) is 1. The maximum Gasteiger partial charge on any atom is 0.408 e. The summed E-state index contributed by atoms with van der Waals surface area (Å²) < 4.78 is 1.45. The quantitative estimate of drug-likeness (QED) is 0.927. The van der Waals surface area contributed by atoms with Gasteiger partial charge in [-0.15, -0.1) is 0 Å². The van der Waals surface area contributed by atoms with Gasteiger partial charge in [0.25, 0.3) is 5.95 Å². The summed E-state index contributed by atoms with van der Waals surface area (Å²) in [6.07, 6.45) is 3.54. The van der Waals surface area contributed by atoms with Crippen LogP contribution in [0.3, 0.4) is 0 Å². The molecule has 0 aliphatic carbocycles. The van der Waals surface area contributed by atoms with E-state index in [4.69, 9.17) is 0 Å². The standard InChI is InChI=1S/C13H18N6O2/c1-9(18(12(20)21)13(2,3)4)10-16-8-17-19(10)11-14-6-5-7-15-11/h5-9H,1-4H3,(H,20,21)/t9-/m0/s1. The van der Waals surface area contributed by atoms with Gasteiger partial charge in [0, 0.05) is 17.9 Å². The Bertz CT molecular complexity index is 619. The third kappa shape index (κ3) is 2.99. The molecular formula is C13H18N6O2. The first-order chi connectivity index (χ1) is 9.82. The second kappa shape index (κ2) is 5.47. The van der Waals surface area contributed by atoms with Gasteiger partial charge in [0.15, 0.2) is 5.82 Å². The molecule has 0 unspecified atom stereocenters. The molecule has 0 fully saturated rings. The fourth-order valence-electron chi connectivity index (χ4n) is 2.24. The number of rotatable bonds is 3. The second-order valence-electron chi connectivity index (χ2n) is 5.58. The third-order valence-corrected chi connectivity index (χ3v) is 3.01. The van der Waals surface area contributed by atoms with Gasteiger partial charge in [-0.05, 0) is 33.8 Å². The van der Waals surface area contributed by atoms with Crippen molar-refractivity contribution in [1.29, 1.82) is 0 Å². The number of carbonyl (C=O) groups is 1. The Balaban J connectivity index is 2.43. The summed E-state index contributed by atoms with van der Waals surface area (Å²) in [6, 6.07) is 1.20. The Labute approximate surface area is 122 Å². The molecule has 0 aliphatic rings. The predicted octanol–water partition coefficient (Wildman–Crippen LogP) is 1.90. The van der Waals surface area contributed by atoms with Gasteiger partial charge in [-0.2, -0.15) is 9.78 Å². The molecule has 2 aromatic rings. The van der Waals surface area contributed by atoms with Crippen molar-refractivity contribution in [2.24, 2.45) is 0 Å². The van der Waals surface area contributed by atoms with Crippen LogP contribution in [-0.4, -0.2) is 46.4 Å². The zero-order chi connectivity index (χ0) is 15.6. The van der Waals surface area contributed by atoms with Crippen LogP contribution >= 0.6 is 0 Å². The molecule has 0 aromatic carbocycles. The van der Waals surface area contributed by atoms with Gasteiger partial charge in [-0.25, -0.2) is 19.7 Å². The molecule has 8 nitrogen and oxygen atoms in total. The molecule has 0 saturated heterocycles. The first-order valence-corrected chi connectivity index (χ1v) is 6.52. The van der Waals surface area contributed by atoms with Crippen molar-refractivity contribution in [3.05, 3.63) is 30.6 Å². The minimum Gasteiger partial charge on any atom is -0.465 e. The topological polar surface area (TPSA) is 97.0 Å². The molecule has 1 amide bonds. The zero-order valence-corrected chi connectivity index (χ0v) is 12.4. The van der Waals surface area contributed by atoms with E-state index in [2.05, 4.69) is 20.1 Å². The van der Waals surface area contributed by atoms with Crippen LogP contribution in [0.15, 0.2) is 24.8 Å². The van der Waals surface area contributed by atoms with E-state index in [0.717, 1.165) is 0 Å². The van der Waals surface area contributed by atoms with Crippen molar-refractivity contribution in [3.8, 4) is 5.95 Å². The lowest BCUT2D eigenvalue weighted by Crippen LogP contribution is -2.47. The van der Waals surface area contributed by atoms with Gasteiger partial charge in [0.2, 0.25) is 0 Å². The number of hydrogen-bond acceptors (Lipinski definition) is 5. The Morgan fingerprint density at radius 1 is 1.29 bits per heavy atom. The summed E-state index contributed by atoms with van der Waals surface area (Å²) in [6.45, 7) is 7.26. The monoisotopic (exact) mass is 290 g/mol. The Morgan fingerprint density at radius 2 is 1.90 bits per heavy atom. The summed E-state index contributed by atoms with van der Waals surface area (Å²) >= 11 is 0. The Hall–Kier alpha value is -2.51. The van der Waals surface area contributed by atoms with E-state index in [9.17, 15) is 9.90 Å². The van der Waals surface area contributed by atoms with E-state index in [1.807, 2.05) is 20.8 Å². The first-order valence-electron chi connectivity index (χ1n) is 6.52. The fourth-order valence-corrected chi connectivity index (χ4v) is 2.24. The van der Waals surface area contributed by atoms with Gasteiger partial charge in [0.1, 0.15) is 6.33 Å². The van der Waals surface area contributed by atoms with Gasteiger partial charge >= 0.3 is 6.09 Å². The molecule has 0 aliphatic heterocycles. The second-order valence-corrected chi connectivity index (χ2v) is 5.58. The SMILES string of the molecule is C[C@@H](c1ncnn1-c1ncccn1)N(C(=O)O)C(C)(C)C. The van der Waals surface area contributed by atoms with E-state index in [1.54, 1.807) is 25.4 Å². The molecule has 0 spiro atoms. The summed E-state index contributed by atoms with van der Waals surface area (Å²) in [5.41, 5.74) is -0.570. The van der Waals surface area contributed by atoms with Crippen molar-refractivity contribution in [2.75, 3.05) is 0 Å². The van der Waals surface area contributed by atoms with Crippen LogP contribution in [0, 0.1) is 0 Å². The molecule has 0 saturated carbocycles. The number of nitrogens with zero attached hydrogens (tertiary/aromatic N) is 6. The van der Waals surface area contributed by atoms with Crippen LogP contribution in [0.5, 0.6) is 0 Å². The maximum atomic E-state index is 11.6. The lowest BCUT2D eigenvalue weighted by molar-refractivity contribution is 0.0719. The molecule has 0 radical (unpaired) electrons. The summed E-state index contributed by atoms with van der Waals surface area (Å²) in [5, 5.41) is 13.6. The van der Waals surface area contributed by atoms with Gasteiger partial charge < -0.3 is 5.11 Å². The minimum atomic E-state index is -1.02. The van der Waals surface area contributed by atoms with E-state index in [-0.39, 0.29) is 0 Å². The fraction of sp³-hybridized carbons (Fsp3) is 0.462.